The third kappa shape index (κ3) is 5.17. The van der Waals surface area contributed by atoms with E-state index >= 15 is 4.39 Å². The number of hydrogen-bond acceptors (Lipinski definition) is 16. The molecule has 0 saturated carbocycles. The van der Waals surface area contributed by atoms with Crippen molar-refractivity contribution in [3.8, 4) is 0 Å². The fourth-order valence-electron chi connectivity index (χ4n) is 5.27. The molecule has 0 aliphatic carbocycles. The van der Waals surface area contributed by atoms with Crippen molar-refractivity contribution in [1.29, 1.82) is 0 Å². The summed E-state index contributed by atoms with van der Waals surface area (Å²) >= 11 is 5.21. The lowest BCUT2D eigenvalue weighted by Gasteiger charge is -2.27. The monoisotopic (exact) mass is 675 g/mol. The number of phosphoric ester groups is 1. The molecule has 2 bridgehead atoms. The van der Waals surface area contributed by atoms with Crippen molar-refractivity contribution in [1.82, 2.24) is 34.1 Å². The second-order valence-corrected chi connectivity index (χ2v) is 14.2. The molecule has 23 heteroatoms. The topological polar surface area (TPSA) is 259 Å². The van der Waals surface area contributed by atoms with Crippen molar-refractivity contribution < 1.29 is 51.4 Å². The fourth-order valence-corrected chi connectivity index (χ4v) is 7.64. The average molecular weight is 675 g/mol. The summed E-state index contributed by atoms with van der Waals surface area (Å²) in [6, 6.07) is 1.51. The van der Waals surface area contributed by atoms with Crippen molar-refractivity contribution in [3.05, 3.63) is 31.2 Å². The number of aromatic nitrogens is 7. The first-order valence-corrected chi connectivity index (χ1v) is 17.0. The van der Waals surface area contributed by atoms with Crippen LogP contribution >= 0.6 is 14.5 Å². The molecule has 3 fully saturated rings. The third-order valence-corrected chi connectivity index (χ3v) is 9.87. The van der Waals surface area contributed by atoms with E-state index in [0.29, 0.717) is 0 Å². The van der Waals surface area contributed by atoms with Crippen molar-refractivity contribution in [3.63, 3.8) is 0 Å². The smallest absolute Gasteiger partial charge is 0.397 e. The van der Waals surface area contributed by atoms with Crippen LogP contribution in [0.2, 0.25) is 0 Å². The third-order valence-electron chi connectivity index (χ3n) is 7.32. The summed E-state index contributed by atoms with van der Waals surface area (Å²) in [5.74, 6) is 0.0688. The molecule has 4 aromatic heterocycles. The van der Waals surface area contributed by atoms with E-state index in [1.807, 2.05) is 0 Å². The summed E-state index contributed by atoms with van der Waals surface area (Å²) in [6.45, 7) is -5.63. The van der Waals surface area contributed by atoms with Crippen LogP contribution in [0.4, 0.5) is 15.9 Å². The number of rotatable bonds is 2. The first kappa shape index (κ1) is 29.9. The molecule has 3 aliphatic heterocycles. The Kier molecular flexibility index (Phi) is 7.43. The predicted molar refractivity (Wildman–Crippen MR) is 148 cm³/mol. The number of aliphatic hydroxyl groups excluding tert-OH is 1. The Balaban J connectivity index is 1.20. The molecule has 44 heavy (non-hydrogen) atoms. The van der Waals surface area contributed by atoms with Crippen LogP contribution in [0.3, 0.4) is 0 Å². The van der Waals surface area contributed by atoms with Crippen LogP contribution in [0.15, 0.2) is 31.2 Å². The van der Waals surface area contributed by atoms with Crippen molar-refractivity contribution >= 4 is 60.2 Å². The number of nitrogens with zero attached hydrogens (tertiary/aromatic N) is 7. The van der Waals surface area contributed by atoms with Crippen LogP contribution in [-0.2, 0) is 43.9 Å². The van der Waals surface area contributed by atoms with Gasteiger partial charge in [-0.2, -0.15) is 0 Å². The molecule has 3 aliphatic rings. The van der Waals surface area contributed by atoms with E-state index in [9.17, 15) is 19.5 Å². The SMILES string of the molecule is Nc1ccnc2c1ncn2[C@@H]1O[C@@H]2COP(O)(=S)O[C@H]3C(O)[C@@H](COP(=O)(O)O[C@@H]2C1F)O[C@H]3n1cnc2c(N)ncnc21. The molecule has 0 amide bonds. The van der Waals surface area contributed by atoms with Gasteiger partial charge in [-0.05, 0) is 17.9 Å². The van der Waals surface area contributed by atoms with Gasteiger partial charge >= 0.3 is 14.5 Å². The van der Waals surface area contributed by atoms with Crippen LogP contribution in [0.1, 0.15) is 12.5 Å². The van der Waals surface area contributed by atoms with Crippen LogP contribution < -0.4 is 11.5 Å². The number of nitrogens with two attached hydrogens (primary N) is 2. The van der Waals surface area contributed by atoms with E-state index in [4.69, 9.17) is 50.8 Å². The normalized spacial score (nSPS) is 38.3. The van der Waals surface area contributed by atoms with Crippen LogP contribution in [0.25, 0.3) is 22.3 Å². The van der Waals surface area contributed by atoms with Crippen molar-refractivity contribution in [2.24, 2.45) is 0 Å². The second-order valence-electron chi connectivity index (χ2n) is 10.0. The molecule has 236 valence electrons. The summed E-state index contributed by atoms with van der Waals surface area (Å²) < 4.78 is 64.9. The lowest BCUT2D eigenvalue weighted by atomic mass is 10.1. The van der Waals surface area contributed by atoms with Crippen molar-refractivity contribution in [2.75, 3.05) is 24.7 Å². The molecule has 7 N–H and O–H groups in total. The van der Waals surface area contributed by atoms with Crippen LogP contribution in [-0.4, -0.2) is 98.9 Å². The number of ether oxygens (including phenoxy) is 2. The Morgan fingerprint density at radius 3 is 2.39 bits per heavy atom. The number of pyridine rings is 1. The lowest BCUT2D eigenvalue weighted by molar-refractivity contribution is -0.0635. The summed E-state index contributed by atoms with van der Waals surface area (Å²) in [5, 5.41) is 11.1. The molecule has 7 rings (SSSR count). The highest BCUT2D eigenvalue weighted by Crippen LogP contribution is 2.54. The predicted octanol–water partition coefficient (Wildman–Crippen LogP) is 0.0638. The van der Waals surface area contributed by atoms with Gasteiger partial charge in [0.1, 0.15) is 47.9 Å². The standard InChI is InChI=1S/C21H24FN9O10P2S/c22-11-15-10(39-20(11)30-6-28-12-8(23)1-2-25-18(12)30)4-37-43(35,44)41-16-14(32)9(3-36-42(33,34)40-15)38-21(16)31-7-29-13-17(24)26-5-27-19(13)31/h1-2,5-7,9-11,14-16,20-21,32H,3-4H2,(H2,23,25)(H,33,34)(H,35,44)(H2,24,26,27)/t9-,10-,11?,14?,15+,16+,20-,21-,43?/m1/s1. The van der Waals surface area contributed by atoms with E-state index in [0.717, 1.165) is 0 Å². The van der Waals surface area contributed by atoms with Gasteiger partial charge in [0.05, 0.1) is 31.6 Å². The summed E-state index contributed by atoms with van der Waals surface area (Å²) in [5.41, 5.74) is 13.0. The molecular formula is C21H24FN9O10P2S. The van der Waals surface area contributed by atoms with Gasteiger partial charge in [-0.25, -0.2) is 33.9 Å². The zero-order valence-electron chi connectivity index (χ0n) is 22.1. The van der Waals surface area contributed by atoms with Crippen LogP contribution in [0, 0.1) is 0 Å². The number of phosphoric acid groups is 1. The summed E-state index contributed by atoms with van der Waals surface area (Å²) in [4.78, 5) is 42.1. The minimum absolute atomic E-state index is 0.0688. The van der Waals surface area contributed by atoms with Crippen LogP contribution in [0.5, 0.6) is 0 Å². The number of fused-ring (bicyclic) bond motifs is 5. The molecule has 0 radical (unpaired) electrons. The largest absolute Gasteiger partial charge is 0.472 e. The number of anilines is 2. The average Bonchev–Trinajstić information content (AvgIpc) is 3.73. The molecule has 4 unspecified atom stereocenters. The first-order valence-electron chi connectivity index (χ1n) is 12.9. The quantitative estimate of drug-likeness (QED) is 0.176. The molecule has 0 aromatic carbocycles. The molecule has 0 spiro atoms. The molecule has 3 saturated heterocycles. The van der Waals surface area contributed by atoms with E-state index in [-0.39, 0.29) is 33.8 Å². The Morgan fingerprint density at radius 1 is 0.909 bits per heavy atom. The maximum absolute atomic E-state index is 15.9. The van der Waals surface area contributed by atoms with Gasteiger partial charge in [0, 0.05) is 6.20 Å². The minimum Gasteiger partial charge on any atom is -0.397 e. The minimum atomic E-state index is -5.04. The van der Waals surface area contributed by atoms with E-state index in [2.05, 4.69) is 24.9 Å². The fraction of sp³-hybridized carbons (Fsp3) is 0.476. The lowest BCUT2D eigenvalue weighted by Crippen LogP contribution is -2.35. The van der Waals surface area contributed by atoms with Gasteiger partial charge in [0.15, 0.2) is 35.7 Å². The Hall–Kier alpha value is -2.78. The highest BCUT2D eigenvalue weighted by atomic mass is 32.5. The number of aliphatic hydroxyl groups is 1. The van der Waals surface area contributed by atoms with E-state index in [1.54, 1.807) is 0 Å². The van der Waals surface area contributed by atoms with Gasteiger partial charge in [-0.1, -0.05) is 0 Å². The van der Waals surface area contributed by atoms with Gasteiger partial charge < -0.3 is 40.4 Å². The number of imidazole rings is 2. The Morgan fingerprint density at radius 2 is 1.59 bits per heavy atom. The zero-order chi connectivity index (χ0) is 31.0. The molecule has 19 nitrogen and oxygen atoms in total. The zero-order valence-corrected chi connectivity index (χ0v) is 24.7. The van der Waals surface area contributed by atoms with Crippen molar-refractivity contribution in [2.45, 2.75) is 49.1 Å². The number of nitrogen functional groups attached to an aromatic ring is 2. The van der Waals surface area contributed by atoms with Gasteiger partial charge in [0.25, 0.3) is 0 Å². The summed E-state index contributed by atoms with van der Waals surface area (Å²) in [7, 11) is -5.04. The highest BCUT2D eigenvalue weighted by molar-refractivity contribution is 8.07. The van der Waals surface area contributed by atoms with Gasteiger partial charge in [-0.3, -0.25) is 22.7 Å². The second kappa shape index (κ2) is 10.9. The Labute approximate surface area is 250 Å². The molecule has 10 atom stereocenters. The maximum Gasteiger partial charge on any atom is 0.472 e. The summed E-state index contributed by atoms with van der Waals surface area (Å²) in [6.07, 6.45) is -7.21. The number of halogens is 1. The number of alkyl halides is 1. The van der Waals surface area contributed by atoms with Gasteiger partial charge in [-0.15, -0.1) is 0 Å². The maximum atomic E-state index is 15.9. The van der Waals surface area contributed by atoms with E-state index < -0.39 is 76.9 Å². The number of hydrogen-bond donors (Lipinski definition) is 5. The molecular weight excluding hydrogens is 651 g/mol. The Bertz CT molecular complexity index is 1830. The first-order chi connectivity index (χ1) is 20.9. The molecule has 7 heterocycles. The van der Waals surface area contributed by atoms with Gasteiger partial charge in [0.2, 0.25) is 0 Å². The highest BCUT2D eigenvalue weighted by Gasteiger charge is 2.54. The van der Waals surface area contributed by atoms with E-state index in [1.165, 1.54) is 40.4 Å². The molecule has 4 aromatic rings.